The lowest BCUT2D eigenvalue weighted by atomic mass is 9.94. The molecule has 0 radical (unpaired) electrons. The number of hydrogen-bond acceptors (Lipinski definition) is 4. The minimum absolute atomic E-state index is 0.0493. The first-order chi connectivity index (χ1) is 9.99. The van der Waals surface area contributed by atoms with Gasteiger partial charge in [-0.3, -0.25) is 4.79 Å². The van der Waals surface area contributed by atoms with Crippen molar-refractivity contribution >= 4 is 17.2 Å². The summed E-state index contributed by atoms with van der Waals surface area (Å²) in [6.07, 6.45) is 1.82. The van der Waals surface area contributed by atoms with Gasteiger partial charge in [-0.15, -0.1) is 11.3 Å². The Morgan fingerprint density at radius 1 is 1.29 bits per heavy atom. The monoisotopic (exact) mass is 303 g/mol. The van der Waals surface area contributed by atoms with E-state index in [1.807, 2.05) is 57.3 Å². The Hall–Kier alpha value is -1.72. The predicted octanol–water partition coefficient (Wildman–Crippen LogP) is 2.96. The molecule has 0 bridgehead atoms. The normalized spacial score (nSPS) is 15.2. The van der Waals surface area contributed by atoms with Crippen LogP contribution in [0.4, 0.5) is 0 Å². The summed E-state index contributed by atoms with van der Waals surface area (Å²) >= 11 is 1.60. The maximum atomic E-state index is 12.3. The van der Waals surface area contributed by atoms with Crippen LogP contribution in [-0.4, -0.2) is 10.9 Å². The molecule has 4 nitrogen and oxygen atoms in total. The highest BCUT2D eigenvalue weighted by molar-refractivity contribution is 7.11. The van der Waals surface area contributed by atoms with Crippen molar-refractivity contribution in [3.63, 3.8) is 0 Å². The van der Waals surface area contributed by atoms with Gasteiger partial charge in [0.05, 0.1) is 12.0 Å². The summed E-state index contributed by atoms with van der Waals surface area (Å²) < 4.78 is 0. The van der Waals surface area contributed by atoms with E-state index in [0.29, 0.717) is 0 Å². The number of benzene rings is 1. The Bertz CT molecular complexity index is 597. The molecule has 3 atom stereocenters. The highest BCUT2D eigenvalue weighted by Gasteiger charge is 2.24. The Labute approximate surface area is 129 Å². The maximum absolute atomic E-state index is 12.3. The first-order valence-corrected chi connectivity index (χ1v) is 7.84. The van der Waals surface area contributed by atoms with Crippen molar-refractivity contribution in [1.82, 2.24) is 10.3 Å². The smallest absolute Gasteiger partial charge is 0.225 e. The van der Waals surface area contributed by atoms with Gasteiger partial charge in [0, 0.05) is 17.1 Å². The lowest BCUT2D eigenvalue weighted by Gasteiger charge is -2.21. The molecule has 1 amide bonds. The number of nitrogens with zero attached hydrogens (tertiary/aromatic N) is 1. The van der Waals surface area contributed by atoms with Gasteiger partial charge in [0.1, 0.15) is 5.01 Å². The van der Waals surface area contributed by atoms with Crippen molar-refractivity contribution < 1.29 is 4.79 Å². The van der Waals surface area contributed by atoms with Crippen LogP contribution in [0.15, 0.2) is 36.5 Å². The lowest BCUT2D eigenvalue weighted by Crippen LogP contribution is -2.36. The fourth-order valence-corrected chi connectivity index (χ4v) is 2.88. The van der Waals surface area contributed by atoms with Gasteiger partial charge in [0.2, 0.25) is 5.91 Å². The molecular weight excluding hydrogens is 282 g/mol. The standard InChI is InChI=1S/C16H21N3OS/c1-10-9-18-16(21-10)12(3)19-15(20)11(2)14(17)13-7-5-4-6-8-13/h4-9,11-12,14H,17H2,1-3H3,(H,19,20). The van der Waals surface area contributed by atoms with Gasteiger partial charge in [-0.2, -0.15) is 0 Å². The Kier molecular flexibility index (Phi) is 5.09. The van der Waals surface area contributed by atoms with Gasteiger partial charge in [-0.1, -0.05) is 37.3 Å². The molecule has 0 saturated heterocycles. The number of thiazole rings is 1. The predicted molar refractivity (Wildman–Crippen MR) is 85.9 cm³/mol. The summed E-state index contributed by atoms with van der Waals surface area (Å²) in [5.74, 6) is -0.345. The van der Waals surface area contributed by atoms with E-state index in [-0.39, 0.29) is 23.9 Å². The Morgan fingerprint density at radius 3 is 2.52 bits per heavy atom. The van der Waals surface area contributed by atoms with Crippen LogP contribution in [0.3, 0.4) is 0 Å². The van der Waals surface area contributed by atoms with Crippen LogP contribution >= 0.6 is 11.3 Å². The van der Waals surface area contributed by atoms with Gasteiger partial charge >= 0.3 is 0 Å². The minimum Gasteiger partial charge on any atom is -0.347 e. The molecule has 0 spiro atoms. The number of aryl methyl sites for hydroxylation is 1. The fourth-order valence-electron chi connectivity index (χ4n) is 2.11. The molecule has 1 aromatic carbocycles. The molecular formula is C16H21N3OS. The summed E-state index contributed by atoms with van der Waals surface area (Å²) in [7, 11) is 0. The lowest BCUT2D eigenvalue weighted by molar-refractivity contribution is -0.125. The molecule has 3 unspecified atom stereocenters. The number of carbonyl (C=O) groups excluding carboxylic acids is 1. The van der Waals surface area contributed by atoms with Crippen molar-refractivity contribution in [1.29, 1.82) is 0 Å². The first kappa shape index (κ1) is 15.7. The molecule has 3 N–H and O–H groups in total. The topological polar surface area (TPSA) is 68.0 Å². The molecule has 0 aliphatic rings. The summed E-state index contributed by atoms with van der Waals surface area (Å²) in [6.45, 7) is 5.80. The van der Waals surface area contributed by atoms with Crippen molar-refractivity contribution in [2.45, 2.75) is 32.9 Å². The Balaban J connectivity index is 1.99. The van der Waals surface area contributed by atoms with Crippen LogP contribution < -0.4 is 11.1 Å². The molecule has 0 saturated carbocycles. The zero-order valence-electron chi connectivity index (χ0n) is 12.5. The van der Waals surface area contributed by atoms with E-state index in [2.05, 4.69) is 10.3 Å². The van der Waals surface area contributed by atoms with Gasteiger partial charge in [0.25, 0.3) is 0 Å². The molecule has 0 aliphatic heterocycles. The van der Waals surface area contributed by atoms with Gasteiger partial charge < -0.3 is 11.1 Å². The molecule has 0 aliphatic carbocycles. The van der Waals surface area contributed by atoms with E-state index in [1.54, 1.807) is 11.3 Å². The minimum atomic E-state index is -0.309. The van der Waals surface area contributed by atoms with Crippen LogP contribution in [0.5, 0.6) is 0 Å². The average Bonchev–Trinajstić information content (AvgIpc) is 2.93. The summed E-state index contributed by atoms with van der Waals surface area (Å²) in [6, 6.07) is 9.29. The number of rotatable bonds is 5. The van der Waals surface area contributed by atoms with Crippen LogP contribution in [0.25, 0.3) is 0 Å². The van der Waals surface area contributed by atoms with Gasteiger partial charge in [-0.25, -0.2) is 4.98 Å². The third kappa shape index (κ3) is 3.89. The van der Waals surface area contributed by atoms with E-state index >= 15 is 0 Å². The highest BCUT2D eigenvalue weighted by Crippen LogP contribution is 2.22. The average molecular weight is 303 g/mol. The van der Waals surface area contributed by atoms with E-state index in [9.17, 15) is 4.79 Å². The number of nitrogens with one attached hydrogen (secondary N) is 1. The zero-order chi connectivity index (χ0) is 15.4. The highest BCUT2D eigenvalue weighted by atomic mass is 32.1. The largest absolute Gasteiger partial charge is 0.347 e. The first-order valence-electron chi connectivity index (χ1n) is 7.02. The molecule has 112 valence electrons. The van der Waals surface area contributed by atoms with E-state index < -0.39 is 0 Å². The van der Waals surface area contributed by atoms with Gasteiger partial charge in [0.15, 0.2) is 0 Å². The third-order valence-corrected chi connectivity index (χ3v) is 4.60. The van der Waals surface area contributed by atoms with Crippen molar-refractivity contribution in [2.75, 3.05) is 0 Å². The molecule has 0 fully saturated rings. The molecule has 1 heterocycles. The number of carbonyl (C=O) groups is 1. The summed E-state index contributed by atoms with van der Waals surface area (Å²) in [5.41, 5.74) is 7.15. The van der Waals surface area contributed by atoms with Gasteiger partial charge in [-0.05, 0) is 19.4 Å². The molecule has 21 heavy (non-hydrogen) atoms. The van der Waals surface area contributed by atoms with Crippen LogP contribution in [-0.2, 0) is 4.79 Å². The van der Waals surface area contributed by atoms with Crippen LogP contribution in [0, 0.1) is 12.8 Å². The maximum Gasteiger partial charge on any atom is 0.225 e. The van der Waals surface area contributed by atoms with Crippen LogP contribution in [0.2, 0.25) is 0 Å². The second-order valence-electron chi connectivity index (χ2n) is 5.26. The van der Waals surface area contributed by atoms with Crippen LogP contribution in [0.1, 0.15) is 41.4 Å². The third-order valence-electron chi connectivity index (χ3n) is 3.51. The summed E-state index contributed by atoms with van der Waals surface area (Å²) in [4.78, 5) is 17.8. The van der Waals surface area contributed by atoms with Crippen molar-refractivity contribution in [3.05, 3.63) is 52.0 Å². The number of nitrogens with two attached hydrogens (primary N) is 1. The van der Waals surface area contributed by atoms with E-state index in [0.717, 1.165) is 15.4 Å². The Morgan fingerprint density at radius 2 is 1.95 bits per heavy atom. The number of hydrogen-bond donors (Lipinski definition) is 2. The second-order valence-corrected chi connectivity index (χ2v) is 6.53. The quantitative estimate of drug-likeness (QED) is 0.892. The zero-order valence-corrected chi connectivity index (χ0v) is 13.4. The molecule has 5 heteroatoms. The van der Waals surface area contributed by atoms with Crippen molar-refractivity contribution in [3.8, 4) is 0 Å². The molecule has 1 aromatic heterocycles. The second kappa shape index (κ2) is 6.83. The van der Waals surface area contributed by atoms with Crippen molar-refractivity contribution in [2.24, 2.45) is 11.7 Å². The SMILES string of the molecule is Cc1cnc(C(C)NC(=O)C(C)C(N)c2ccccc2)s1. The molecule has 2 aromatic rings. The molecule has 2 rings (SSSR count). The van der Waals surface area contributed by atoms with E-state index in [4.69, 9.17) is 5.73 Å². The number of amides is 1. The van der Waals surface area contributed by atoms with E-state index in [1.165, 1.54) is 0 Å². The number of aromatic nitrogens is 1. The fraction of sp³-hybridized carbons (Fsp3) is 0.375. The summed E-state index contributed by atoms with van der Waals surface area (Å²) in [5, 5.41) is 3.91.